The Hall–Kier alpha value is -2.47. The zero-order valence-corrected chi connectivity index (χ0v) is 18.8. The molecule has 1 N–H and O–H groups in total. The minimum atomic E-state index is -0.0483. The van der Waals surface area contributed by atoms with E-state index in [0.29, 0.717) is 0 Å². The maximum absolute atomic E-state index is 12.5. The molecule has 0 atom stereocenters. The number of carbonyl (C=O) groups excluding carboxylic acids is 1. The molecule has 3 rings (SSSR count). The van der Waals surface area contributed by atoms with E-state index in [9.17, 15) is 4.79 Å². The average molecular weight is 411 g/mol. The second kappa shape index (κ2) is 9.35. The van der Waals surface area contributed by atoms with Gasteiger partial charge in [0, 0.05) is 16.8 Å². The molecule has 154 valence electrons. The largest absolute Gasteiger partial charge is 0.325 e. The summed E-state index contributed by atoms with van der Waals surface area (Å²) in [6.45, 7) is 10.4. The molecule has 2 heterocycles. The molecule has 1 amide bonds. The molecule has 2 aromatic heterocycles. The zero-order chi connectivity index (χ0) is 21.0. The van der Waals surface area contributed by atoms with Crippen LogP contribution in [0.3, 0.4) is 0 Å². The first-order chi connectivity index (χ1) is 13.9. The van der Waals surface area contributed by atoms with Crippen LogP contribution in [0.2, 0.25) is 0 Å². The molecule has 0 radical (unpaired) electrons. The van der Waals surface area contributed by atoms with Crippen molar-refractivity contribution in [2.75, 3.05) is 5.32 Å². The van der Waals surface area contributed by atoms with Crippen molar-refractivity contribution in [2.24, 2.45) is 0 Å². The average Bonchev–Trinajstić information content (AvgIpc) is 3.24. The predicted molar refractivity (Wildman–Crippen MR) is 120 cm³/mol. The van der Waals surface area contributed by atoms with E-state index >= 15 is 0 Å². The van der Waals surface area contributed by atoms with Gasteiger partial charge >= 0.3 is 0 Å². The van der Waals surface area contributed by atoms with Crippen molar-refractivity contribution in [3.8, 4) is 5.13 Å². The van der Waals surface area contributed by atoms with Gasteiger partial charge in [-0.05, 0) is 57.2 Å². The number of aryl methyl sites for hydroxylation is 3. The van der Waals surface area contributed by atoms with Gasteiger partial charge in [-0.15, -0.1) is 11.3 Å². The van der Waals surface area contributed by atoms with E-state index in [0.717, 1.165) is 45.4 Å². The number of rotatable bonds is 8. The van der Waals surface area contributed by atoms with Gasteiger partial charge in [-0.1, -0.05) is 38.0 Å². The first-order valence-corrected chi connectivity index (χ1v) is 11.1. The highest BCUT2D eigenvalue weighted by molar-refractivity contribution is 7.12. The first-order valence-electron chi connectivity index (χ1n) is 10.3. The lowest BCUT2D eigenvalue weighted by molar-refractivity contribution is -0.115. The van der Waals surface area contributed by atoms with Crippen LogP contribution in [-0.2, 0) is 17.6 Å². The quantitative estimate of drug-likeness (QED) is 0.501. The van der Waals surface area contributed by atoms with Gasteiger partial charge in [0.2, 0.25) is 11.0 Å². The number of thiazole rings is 1. The predicted octanol–water partition coefficient (Wildman–Crippen LogP) is 5.48. The Labute approximate surface area is 177 Å². The monoisotopic (exact) mass is 410 g/mol. The molecular formula is C23H30N4OS. The summed E-state index contributed by atoms with van der Waals surface area (Å²) >= 11 is 1.53. The third-order valence-electron chi connectivity index (χ3n) is 5.28. The van der Waals surface area contributed by atoms with Gasteiger partial charge < -0.3 is 5.32 Å². The third kappa shape index (κ3) is 4.93. The number of para-hydroxylation sites is 1. The summed E-state index contributed by atoms with van der Waals surface area (Å²) in [4.78, 5) is 17.2. The topological polar surface area (TPSA) is 59.8 Å². The van der Waals surface area contributed by atoms with Gasteiger partial charge in [-0.3, -0.25) is 4.79 Å². The Morgan fingerprint density at radius 3 is 2.55 bits per heavy atom. The minimum Gasteiger partial charge on any atom is -0.325 e. The van der Waals surface area contributed by atoms with Crippen LogP contribution in [0, 0.1) is 27.7 Å². The lowest BCUT2D eigenvalue weighted by atomic mass is 10.1. The van der Waals surface area contributed by atoms with E-state index in [4.69, 9.17) is 5.10 Å². The Morgan fingerprint density at radius 1 is 1.14 bits per heavy atom. The minimum absolute atomic E-state index is 0.0483. The summed E-state index contributed by atoms with van der Waals surface area (Å²) in [5, 5.41) is 10.5. The third-order valence-corrected chi connectivity index (χ3v) is 6.14. The van der Waals surface area contributed by atoms with E-state index in [1.807, 2.05) is 42.1 Å². The number of nitrogens with zero attached hydrogens (tertiary/aromatic N) is 3. The van der Waals surface area contributed by atoms with Crippen molar-refractivity contribution in [1.82, 2.24) is 14.8 Å². The molecule has 3 aromatic rings. The fourth-order valence-corrected chi connectivity index (χ4v) is 4.43. The fourth-order valence-electron chi connectivity index (χ4n) is 3.61. The molecule has 0 saturated heterocycles. The van der Waals surface area contributed by atoms with E-state index in [-0.39, 0.29) is 12.3 Å². The number of aromatic nitrogens is 3. The fraction of sp³-hybridized carbons (Fsp3) is 0.435. The van der Waals surface area contributed by atoms with Crippen molar-refractivity contribution in [2.45, 2.75) is 66.7 Å². The van der Waals surface area contributed by atoms with Gasteiger partial charge in [0.25, 0.3) is 0 Å². The van der Waals surface area contributed by atoms with Crippen LogP contribution in [0.4, 0.5) is 5.69 Å². The lowest BCUT2D eigenvalue weighted by Gasteiger charge is -2.10. The van der Waals surface area contributed by atoms with Crippen molar-refractivity contribution in [1.29, 1.82) is 0 Å². The number of hydrogen-bond acceptors (Lipinski definition) is 4. The maximum Gasteiger partial charge on any atom is 0.230 e. The summed E-state index contributed by atoms with van der Waals surface area (Å²) in [5.41, 5.74) is 7.34. The molecular weight excluding hydrogens is 380 g/mol. The smallest absolute Gasteiger partial charge is 0.230 e. The number of amides is 1. The number of carbonyl (C=O) groups is 1. The molecule has 6 heteroatoms. The Kier molecular flexibility index (Phi) is 6.85. The van der Waals surface area contributed by atoms with Gasteiger partial charge in [0.05, 0.1) is 17.8 Å². The molecule has 0 aliphatic heterocycles. The molecule has 0 unspecified atom stereocenters. The van der Waals surface area contributed by atoms with E-state index in [2.05, 4.69) is 31.1 Å². The van der Waals surface area contributed by atoms with Crippen LogP contribution in [-0.4, -0.2) is 20.7 Å². The molecule has 0 fully saturated rings. The highest BCUT2D eigenvalue weighted by atomic mass is 32.1. The first kappa shape index (κ1) is 21.2. The van der Waals surface area contributed by atoms with Crippen LogP contribution < -0.4 is 5.32 Å². The Bertz CT molecular complexity index is 982. The molecule has 0 aliphatic rings. The molecule has 1 aromatic carbocycles. The van der Waals surface area contributed by atoms with Crippen LogP contribution in [0.25, 0.3) is 5.13 Å². The lowest BCUT2D eigenvalue weighted by Crippen LogP contribution is -2.16. The normalized spacial score (nSPS) is 11.1. The summed E-state index contributed by atoms with van der Waals surface area (Å²) in [5.74, 6) is -0.0483. The maximum atomic E-state index is 12.5. The molecule has 29 heavy (non-hydrogen) atoms. The summed E-state index contributed by atoms with van der Waals surface area (Å²) in [6, 6.07) is 6.01. The van der Waals surface area contributed by atoms with Crippen LogP contribution in [0.1, 0.15) is 60.0 Å². The Balaban J connectivity index is 1.71. The van der Waals surface area contributed by atoms with Crippen molar-refractivity contribution in [3.63, 3.8) is 0 Å². The molecule has 0 spiro atoms. The van der Waals surface area contributed by atoms with E-state index in [1.54, 1.807) is 0 Å². The summed E-state index contributed by atoms with van der Waals surface area (Å²) in [7, 11) is 0. The highest BCUT2D eigenvalue weighted by Gasteiger charge is 2.16. The van der Waals surface area contributed by atoms with Gasteiger partial charge in [-0.2, -0.15) is 5.10 Å². The molecule has 0 aliphatic carbocycles. The molecule has 0 saturated carbocycles. The highest BCUT2D eigenvalue weighted by Crippen LogP contribution is 2.23. The number of unbranched alkanes of at least 4 members (excludes halogenated alkanes) is 2. The van der Waals surface area contributed by atoms with E-state index < -0.39 is 0 Å². The van der Waals surface area contributed by atoms with Crippen molar-refractivity contribution in [3.05, 3.63) is 57.4 Å². The molecule has 5 nitrogen and oxygen atoms in total. The van der Waals surface area contributed by atoms with Crippen LogP contribution >= 0.6 is 11.3 Å². The zero-order valence-electron chi connectivity index (χ0n) is 18.0. The van der Waals surface area contributed by atoms with Gasteiger partial charge in [-0.25, -0.2) is 9.67 Å². The molecule has 0 bridgehead atoms. The van der Waals surface area contributed by atoms with Gasteiger partial charge in [0.15, 0.2) is 0 Å². The SMILES string of the molecule is CCCCCc1c(C)nn(-c2nc(CC(=O)Nc3c(C)cccc3C)cs2)c1C. The summed E-state index contributed by atoms with van der Waals surface area (Å²) in [6.07, 6.45) is 4.95. The van der Waals surface area contributed by atoms with Crippen LogP contribution in [0.5, 0.6) is 0 Å². The number of anilines is 1. The summed E-state index contributed by atoms with van der Waals surface area (Å²) < 4.78 is 1.92. The van der Waals surface area contributed by atoms with Gasteiger partial charge in [0.1, 0.15) is 0 Å². The van der Waals surface area contributed by atoms with Crippen molar-refractivity contribution < 1.29 is 4.79 Å². The number of nitrogens with one attached hydrogen (secondary N) is 1. The number of benzene rings is 1. The van der Waals surface area contributed by atoms with Crippen LogP contribution in [0.15, 0.2) is 23.6 Å². The Morgan fingerprint density at radius 2 is 1.86 bits per heavy atom. The second-order valence-corrected chi connectivity index (χ2v) is 8.47. The standard InChI is InChI=1S/C23H30N4OS/c1-6-7-8-12-20-17(4)26-27(18(20)5)23-24-19(14-29-23)13-21(28)25-22-15(2)10-9-11-16(22)3/h9-11,14H,6-8,12-13H2,1-5H3,(H,25,28). The van der Waals surface area contributed by atoms with Crippen molar-refractivity contribution >= 4 is 22.9 Å². The second-order valence-electron chi connectivity index (χ2n) is 7.63. The van der Waals surface area contributed by atoms with E-state index in [1.165, 1.54) is 36.2 Å². The number of hydrogen-bond donors (Lipinski definition) is 1.